The maximum Gasteiger partial charge on any atom is 0.207 e. The monoisotopic (exact) mass is 750 g/mol. The molecule has 0 bridgehead atoms. The molecule has 288 valence electrons. The van der Waals surface area contributed by atoms with Crippen molar-refractivity contribution in [1.82, 2.24) is 0 Å². The van der Waals surface area contributed by atoms with E-state index in [0.717, 1.165) is 33.4 Å². The van der Waals surface area contributed by atoms with Crippen LogP contribution in [-0.4, -0.2) is 8.42 Å². The van der Waals surface area contributed by atoms with Crippen molar-refractivity contribution < 1.29 is 8.42 Å². The van der Waals surface area contributed by atoms with Crippen LogP contribution in [0.3, 0.4) is 0 Å². The van der Waals surface area contributed by atoms with Gasteiger partial charge in [-0.25, -0.2) is 8.42 Å². The minimum absolute atomic E-state index is 0.128. The van der Waals surface area contributed by atoms with Gasteiger partial charge in [-0.1, -0.05) is 140 Å². The highest BCUT2D eigenvalue weighted by molar-refractivity contribution is 7.91. The number of rotatable bonds is 10. The molecule has 0 spiro atoms. The van der Waals surface area contributed by atoms with Crippen LogP contribution in [0.5, 0.6) is 0 Å². The third-order valence-corrected chi connectivity index (χ3v) is 14.8. The predicted molar refractivity (Wildman–Crippen MR) is 237 cm³/mol. The summed E-state index contributed by atoms with van der Waals surface area (Å²) in [4.78, 5) is 0.647. The molecule has 0 fully saturated rings. The summed E-state index contributed by atoms with van der Waals surface area (Å²) >= 11 is 0. The maximum atomic E-state index is 14.5. The SMILES string of the molecule is C=CCc1cc(C=C(C)c2ccc3c(c2)C(C)(C)CCC3(C)C)ccc1S(=O)(=O)c1ccc(C=C(C)c2ccc3c(c2)C(C)(C)CCC3(C)C)cc1CC=C. The van der Waals surface area contributed by atoms with Crippen LogP contribution in [-0.2, 0) is 44.3 Å². The molecular weight excluding hydrogens is 689 g/mol. The van der Waals surface area contributed by atoms with Gasteiger partial charge in [0.25, 0.3) is 0 Å². The standard InChI is InChI=1S/C52H62O2S/c1-13-15-41-31-37(29-35(3)39-19-21-43-45(33-39)51(9,10)27-25-49(43,5)6)17-23-47(41)55(53,54)48-24-18-38(32-42(48)16-14-2)30-36(4)40-20-22-44-46(34-40)52(11,12)28-26-50(44,7)8/h13-14,17-24,29-34H,1-2,15-16,25-28H2,3-12H3. The van der Waals surface area contributed by atoms with Crippen LogP contribution in [0.2, 0.25) is 0 Å². The second-order valence-electron chi connectivity index (χ2n) is 18.9. The number of sulfone groups is 1. The van der Waals surface area contributed by atoms with E-state index in [1.807, 2.05) is 24.3 Å². The van der Waals surface area contributed by atoms with Crippen LogP contribution < -0.4 is 0 Å². The molecule has 0 radical (unpaired) electrons. The molecule has 55 heavy (non-hydrogen) atoms. The average Bonchev–Trinajstić information content (AvgIpc) is 3.12. The van der Waals surface area contributed by atoms with Gasteiger partial charge in [0.05, 0.1) is 9.79 Å². The van der Waals surface area contributed by atoms with E-state index in [9.17, 15) is 8.42 Å². The lowest BCUT2D eigenvalue weighted by Gasteiger charge is -2.42. The minimum Gasteiger partial charge on any atom is -0.218 e. The van der Waals surface area contributed by atoms with E-state index in [1.54, 1.807) is 24.3 Å². The first-order valence-electron chi connectivity index (χ1n) is 20.1. The lowest BCUT2D eigenvalue weighted by molar-refractivity contribution is 0.332. The van der Waals surface area contributed by atoms with Crippen molar-refractivity contribution >= 4 is 33.1 Å². The van der Waals surface area contributed by atoms with Crippen LogP contribution in [0, 0.1) is 0 Å². The summed E-state index contributed by atoms with van der Waals surface area (Å²) in [6.07, 6.45) is 13.5. The van der Waals surface area contributed by atoms with Gasteiger partial charge in [-0.3, -0.25) is 0 Å². The molecule has 6 rings (SSSR count). The molecule has 0 amide bonds. The molecule has 0 saturated carbocycles. The van der Waals surface area contributed by atoms with Gasteiger partial charge in [-0.15, -0.1) is 13.2 Å². The lowest BCUT2D eigenvalue weighted by atomic mass is 9.63. The molecule has 4 aromatic rings. The molecule has 2 aliphatic rings. The van der Waals surface area contributed by atoms with Crippen LogP contribution in [0.4, 0.5) is 0 Å². The Labute approximate surface area is 333 Å². The molecule has 0 unspecified atom stereocenters. The molecule has 2 nitrogen and oxygen atoms in total. The van der Waals surface area contributed by atoms with Crippen molar-refractivity contribution in [3.8, 4) is 0 Å². The van der Waals surface area contributed by atoms with Gasteiger partial charge in [0, 0.05) is 0 Å². The highest BCUT2D eigenvalue weighted by atomic mass is 32.2. The van der Waals surface area contributed by atoms with Crippen molar-refractivity contribution in [3.05, 3.63) is 154 Å². The van der Waals surface area contributed by atoms with E-state index in [4.69, 9.17) is 0 Å². The number of hydrogen-bond acceptors (Lipinski definition) is 2. The van der Waals surface area contributed by atoms with Crippen molar-refractivity contribution in [2.45, 2.75) is 139 Å². The first-order chi connectivity index (χ1) is 25.7. The van der Waals surface area contributed by atoms with E-state index >= 15 is 0 Å². The fourth-order valence-electron chi connectivity index (χ4n) is 8.99. The van der Waals surface area contributed by atoms with Gasteiger partial charge in [-0.05, 0) is 153 Å². The van der Waals surface area contributed by atoms with Crippen LogP contribution in [0.1, 0.15) is 151 Å². The van der Waals surface area contributed by atoms with E-state index in [1.165, 1.54) is 59.1 Å². The smallest absolute Gasteiger partial charge is 0.207 e. The maximum absolute atomic E-state index is 14.5. The highest BCUT2D eigenvalue weighted by Gasteiger charge is 2.38. The Morgan fingerprint density at radius 3 is 1.22 bits per heavy atom. The number of fused-ring (bicyclic) bond motifs is 2. The summed E-state index contributed by atoms with van der Waals surface area (Å²) in [6, 6.07) is 25.3. The Balaban J connectivity index is 1.33. The Morgan fingerprint density at radius 2 is 0.873 bits per heavy atom. The molecule has 0 aliphatic heterocycles. The van der Waals surface area contributed by atoms with Crippen molar-refractivity contribution in [1.29, 1.82) is 0 Å². The number of hydrogen-bond donors (Lipinski definition) is 0. The first-order valence-corrected chi connectivity index (χ1v) is 21.6. The van der Waals surface area contributed by atoms with Gasteiger partial charge in [0.2, 0.25) is 9.84 Å². The van der Waals surface area contributed by atoms with Gasteiger partial charge < -0.3 is 0 Å². The van der Waals surface area contributed by atoms with E-state index in [-0.39, 0.29) is 21.7 Å². The summed E-state index contributed by atoms with van der Waals surface area (Å²) in [7, 11) is -3.85. The average molecular weight is 751 g/mol. The first kappa shape index (κ1) is 40.5. The van der Waals surface area contributed by atoms with Crippen molar-refractivity contribution in [2.75, 3.05) is 0 Å². The quantitative estimate of drug-likeness (QED) is 0.119. The molecule has 0 N–H and O–H groups in total. The summed E-state index contributed by atoms with van der Waals surface area (Å²) in [6.45, 7) is 31.1. The molecule has 0 saturated heterocycles. The number of benzene rings is 4. The van der Waals surface area contributed by atoms with Gasteiger partial charge >= 0.3 is 0 Å². The van der Waals surface area contributed by atoms with Crippen molar-refractivity contribution in [2.24, 2.45) is 0 Å². The topological polar surface area (TPSA) is 34.1 Å². The second-order valence-corrected chi connectivity index (χ2v) is 20.8. The fourth-order valence-corrected chi connectivity index (χ4v) is 10.7. The van der Waals surface area contributed by atoms with E-state index in [0.29, 0.717) is 22.6 Å². The molecule has 0 heterocycles. The predicted octanol–water partition coefficient (Wildman–Crippen LogP) is 13.8. The van der Waals surface area contributed by atoms with Crippen LogP contribution >= 0.6 is 0 Å². The van der Waals surface area contributed by atoms with E-state index in [2.05, 4.69) is 131 Å². The second kappa shape index (κ2) is 14.7. The molecule has 0 atom stereocenters. The zero-order valence-electron chi connectivity index (χ0n) is 35.1. The zero-order valence-corrected chi connectivity index (χ0v) is 35.9. The largest absolute Gasteiger partial charge is 0.218 e. The van der Waals surface area contributed by atoms with Crippen LogP contribution in [0.15, 0.2) is 108 Å². The Morgan fingerprint density at radius 1 is 0.527 bits per heavy atom. The lowest BCUT2D eigenvalue weighted by Crippen LogP contribution is -2.33. The molecule has 4 aromatic carbocycles. The Hall–Kier alpha value is -4.21. The fraction of sp³-hybridized carbons (Fsp3) is 0.385. The normalized spacial score (nSPS) is 18.6. The van der Waals surface area contributed by atoms with Gasteiger partial charge in [0.1, 0.15) is 0 Å². The third kappa shape index (κ3) is 7.92. The summed E-state index contributed by atoms with van der Waals surface area (Å²) in [5, 5.41) is 0. The van der Waals surface area contributed by atoms with Gasteiger partial charge in [-0.2, -0.15) is 0 Å². The summed E-state index contributed by atoms with van der Waals surface area (Å²) < 4.78 is 29.1. The summed E-state index contributed by atoms with van der Waals surface area (Å²) in [5.41, 5.74) is 14.5. The molecular formula is C52H62O2S. The highest BCUT2D eigenvalue weighted by Crippen LogP contribution is 2.48. The Kier molecular flexibility index (Phi) is 10.8. The third-order valence-electron chi connectivity index (χ3n) is 12.9. The minimum atomic E-state index is -3.85. The van der Waals surface area contributed by atoms with Crippen molar-refractivity contribution in [3.63, 3.8) is 0 Å². The van der Waals surface area contributed by atoms with Gasteiger partial charge in [0.15, 0.2) is 0 Å². The zero-order chi connectivity index (χ0) is 40.1. The number of allylic oxidation sites excluding steroid dienone is 4. The molecule has 3 heteroatoms. The van der Waals surface area contributed by atoms with Crippen LogP contribution in [0.25, 0.3) is 23.3 Å². The summed E-state index contributed by atoms with van der Waals surface area (Å²) in [5.74, 6) is 0. The molecule has 2 aliphatic carbocycles. The Bertz CT molecular complexity index is 2180. The van der Waals surface area contributed by atoms with E-state index < -0.39 is 9.84 Å². The molecule has 0 aromatic heterocycles.